The van der Waals surface area contributed by atoms with Crippen LogP contribution in [-0.4, -0.2) is 52.6 Å². The van der Waals surface area contributed by atoms with Gasteiger partial charge < -0.3 is 14.8 Å². The average molecular weight is 326 g/mol. The molecule has 1 atom stereocenters. The number of nitrogens with zero attached hydrogens (tertiary/aromatic N) is 1. The van der Waals surface area contributed by atoms with Crippen LogP contribution in [0.3, 0.4) is 0 Å². The fourth-order valence-electron chi connectivity index (χ4n) is 3.09. The molecule has 1 N–H and O–H groups in total. The van der Waals surface area contributed by atoms with Crippen molar-refractivity contribution >= 4 is 10.0 Å². The Morgan fingerprint density at radius 1 is 1.32 bits per heavy atom. The van der Waals surface area contributed by atoms with Crippen LogP contribution in [0.2, 0.25) is 0 Å². The molecule has 6 nitrogen and oxygen atoms in total. The molecule has 1 aromatic carbocycles. The Kier molecular flexibility index (Phi) is 4.56. The summed E-state index contributed by atoms with van der Waals surface area (Å²) in [7, 11) is -1.66. The van der Waals surface area contributed by atoms with E-state index in [1.807, 2.05) is 7.05 Å². The molecule has 122 valence electrons. The van der Waals surface area contributed by atoms with Crippen LogP contribution in [0.4, 0.5) is 0 Å². The molecular formula is C15H22N2O4S. The van der Waals surface area contributed by atoms with Crippen LogP contribution in [0, 0.1) is 5.92 Å². The zero-order valence-corrected chi connectivity index (χ0v) is 13.6. The lowest BCUT2D eigenvalue weighted by molar-refractivity contribution is 0.166. The van der Waals surface area contributed by atoms with Crippen molar-refractivity contribution in [1.82, 2.24) is 9.62 Å². The zero-order chi connectivity index (χ0) is 15.6. The quantitative estimate of drug-likeness (QED) is 0.897. The SMILES string of the molecule is CNCC1CCCN(S(=O)(=O)c2cccc3c2OCCO3)C1. The Labute approximate surface area is 131 Å². The first-order valence-corrected chi connectivity index (χ1v) is 9.10. The van der Waals surface area contributed by atoms with Crippen LogP contribution >= 0.6 is 0 Å². The van der Waals surface area contributed by atoms with Crippen LogP contribution < -0.4 is 14.8 Å². The van der Waals surface area contributed by atoms with Crippen molar-refractivity contribution in [2.45, 2.75) is 17.7 Å². The van der Waals surface area contributed by atoms with E-state index in [4.69, 9.17) is 9.47 Å². The minimum Gasteiger partial charge on any atom is -0.486 e. The molecular weight excluding hydrogens is 304 g/mol. The molecule has 1 unspecified atom stereocenters. The van der Waals surface area contributed by atoms with Crippen LogP contribution in [0.25, 0.3) is 0 Å². The molecule has 2 heterocycles. The number of sulfonamides is 1. The van der Waals surface area contributed by atoms with Gasteiger partial charge in [0, 0.05) is 13.1 Å². The predicted molar refractivity (Wildman–Crippen MR) is 82.8 cm³/mol. The van der Waals surface area contributed by atoms with E-state index in [1.165, 1.54) is 0 Å². The molecule has 1 fully saturated rings. The van der Waals surface area contributed by atoms with Gasteiger partial charge in [-0.15, -0.1) is 0 Å². The fourth-order valence-corrected chi connectivity index (χ4v) is 4.79. The van der Waals surface area contributed by atoms with Gasteiger partial charge in [0.05, 0.1) is 0 Å². The summed E-state index contributed by atoms with van der Waals surface area (Å²) in [6.07, 6.45) is 1.94. The third-order valence-electron chi connectivity index (χ3n) is 4.12. The molecule has 22 heavy (non-hydrogen) atoms. The molecule has 1 aromatic rings. The Bertz CT molecular complexity index is 630. The topological polar surface area (TPSA) is 67.9 Å². The van der Waals surface area contributed by atoms with E-state index in [0.717, 1.165) is 19.4 Å². The zero-order valence-electron chi connectivity index (χ0n) is 12.7. The van der Waals surface area contributed by atoms with Crippen LogP contribution in [-0.2, 0) is 10.0 Å². The van der Waals surface area contributed by atoms with Gasteiger partial charge in [-0.05, 0) is 44.5 Å². The second-order valence-corrected chi connectivity index (χ2v) is 7.62. The maximum absolute atomic E-state index is 13.0. The van der Waals surface area contributed by atoms with E-state index < -0.39 is 10.0 Å². The van der Waals surface area contributed by atoms with Crippen molar-refractivity contribution in [3.63, 3.8) is 0 Å². The summed E-state index contributed by atoms with van der Waals surface area (Å²) in [4.78, 5) is 0.217. The smallest absolute Gasteiger partial charge is 0.246 e. The van der Waals surface area contributed by atoms with E-state index in [1.54, 1.807) is 22.5 Å². The Hall–Kier alpha value is -1.31. The lowest BCUT2D eigenvalue weighted by atomic mass is 10.00. The molecule has 0 bridgehead atoms. The van der Waals surface area contributed by atoms with Crippen LogP contribution in [0.5, 0.6) is 11.5 Å². The van der Waals surface area contributed by atoms with Crippen molar-refractivity contribution in [2.75, 3.05) is 39.9 Å². The van der Waals surface area contributed by atoms with Crippen LogP contribution in [0.15, 0.2) is 23.1 Å². The number of fused-ring (bicyclic) bond motifs is 1. The molecule has 2 aliphatic rings. The molecule has 7 heteroatoms. The van der Waals surface area contributed by atoms with Gasteiger partial charge in [-0.3, -0.25) is 0 Å². The van der Waals surface area contributed by atoms with Gasteiger partial charge in [0.2, 0.25) is 10.0 Å². The van der Waals surface area contributed by atoms with Crippen molar-refractivity contribution in [2.24, 2.45) is 5.92 Å². The fraction of sp³-hybridized carbons (Fsp3) is 0.600. The van der Waals surface area contributed by atoms with Gasteiger partial charge in [-0.25, -0.2) is 8.42 Å². The van der Waals surface area contributed by atoms with Crippen molar-refractivity contribution in [3.8, 4) is 11.5 Å². The number of hydrogen-bond donors (Lipinski definition) is 1. The molecule has 0 aromatic heterocycles. The van der Waals surface area contributed by atoms with Gasteiger partial charge in [0.25, 0.3) is 0 Å². The molecule has 1 saturated heterocycles. The largest absolute Gasteiger partial charge is 0.486 e. The monoisotopic (exact) mass is 326 g/mol. The van der Waals surface area contributed by atoms with E-state index in [9.17, 15) is 8.42 Å². The third kappa shape index (κ3) is 2.93. The summed E-state index contributed by atoms with van der Waals surface area (Å²) < 4.78 is 38.6. The highest BCUT2D eigenvalue weighted by atomic mass is 32.2. The lowest BCUT2D eigenvalue weighted by Crippen LogP contribution is -2.42. The van der Waals surface area contributed by atoms with Crippen molar-refractivity contribution in [1.29, 1.82) is 0 Å². The average Bonchev–Trinajstić information content (AvgIpc) is 2.55. The summed E-state index contributed by atoms with van der Waals surface area (Å²) in [5, 5.41) is 3.13. The van der Waals surface area contributed by atoms with Crippen molar-refractivity contribution in [3.05, 3.63) is 18.2 Å². The number of benzene rings is 1. The highest BCUT2D eigenvalue weighted by Crippen LogP contribution is 2.38. The van der Waals surface area contributed by atoms with Gasteiger partial charge in [-0.1, -0.05) is 6.07 Å². The third-order valence-corrected chi connectivity index (χ3v) is 6.01. The van der Waals surface area contributed by atoms with E-state index in [2.05, 4.69) is 5.32 Å². The number of hydrogen-bond acceptors (Lipinski definition) is 5. The van der Waals surface area contributed by atoms with E-state index >= 15 is 0 Å². The van der Waals surface area contributed by atoms with Gasteiger partial charge in [-0.2, -0.15) is 4.31 Å². The first-order valence-electron chi connectivity index (χ1n) is 7.66. The Balaban J connectivity index is 1.90. The molecule has 0 spiro atoms. The van der Waals surface area contributed by atoms with Gasteiger partial charge in [0.15, 0.2) is 11.5 Å². The van der Waals surface area contributed by atoms with Crippen LogP contribution in [0.1, 0.15) is 12.8 Å². The minimum atomic E-state index is -3.55. The molecule has 3 rings (SSSR count). The molecule has 0 aliphatic carbocycles. The number of ether oxygens (including phenoxy) is 2. The highest BCUT2D eigenvalue weighted by molar-refractivity contribution is 7.89. The Morgan fingerprint density at radius 2 is 2.14 bits per heavy atom. The maximum Gasteiger partial charge on any atom is 0.246 e. The van der Waals surface area contributed by atoms with Gasteiger partial charge >= 0.3 is 0 Å². The molecule has 0 amide bonds. The molecule has 0 radical (unpaired) electrons. The summed E-state index contributed by atoms with van der Waals surface area (Å²) in [6, 6.07) is 5.05. The Morgan fingerprint density at radius 3 is 2.95 bits per heavy atom. The standard InChI is InChI=1S/C15H22N2O4S/c1-16-10-12-4-3-7-17(11-12)22(18,19)14-6-2-5-13-15(14)21-9-8-20-13/h2,5-6,12,16H,3-4,7-11H2,1H3. The molecule has 0 saturated carbocycles. The highest BCUT2D eigenvalue weighted by Gasteiger charge is 2.33. The number of para-hydroxylation sites is 1. The second-order valence-electron chi connectivity index (χ2n) is 5.71. The second kappa shape index (κ2) is 6.44. The first kappa shape index (κ1) is 15.6. The van der Waals surface area contributed by atoms with Gasteiger partial charge in [0.1, 0.15) is 18.1 Å². The van der Waals surface area contributed by atoms with E-state index in [-0.39, 0.29) is 4.90 Å². The molecule has 2 aliphatic heterocycles. The summed E-state index contributed by atoms with van der Waals surface area (Å²) in [5.74, 6) is 1.21. The first-order chi connectivity index (χ1) is 10.6. The minimum absolute atomic E-state index is 0.217. The maximum atomic E-state index is 13.0. The lowest BCUT2D eigenvalue weighted by Gasteiger charge is -2.32. The normalized spacial score (nSPS) is 22.5. The predicted octanol–water partition coefficient (Wildman–Crippen LogP) is 1.08. The van der Waals surface area contributed by atoms with E-state index in [0.29, 0.717) is 43.7 Å². The summed E-state index contributed by atoms with van der Waals surface area (Å²) in [5.41, 5.74) is 0. The number of nitrogens with one attached hydrogen (secondary N) is 1. The summed E-state index contributed by atoms with van der Waals surface area (Å²) in [6.45, 7) is 2.77. The van der Waals surface area contributed by atoms with Crippen molar-refractivity contribution < 1.29 is 17.9 Å². The number of rotatable bonds is 4. The number of piperidine rings is 1. The summed E-state index contributed by atoms with van der Waals surface area (Å²) >= 11 is 0.